The van der Waals surface area contributed by atoms with E-state index < -0.39 is 0 Å². The first-order chi connectivity index (χ1) is 13.0. The number of hydrogen-bond donors (Lipinski definition) is 0. The van der Waals surface area contributed by atoms with Gasteiger partial charge in [0.15, 0.2) is 0 Å². The maximum Gasteiger partial charge on any atom is 0.255 e. The summed E-state index contributed by atoms with van der Waals surface area (Å²) in [5.41, 5.74) is 3.69. The summed E-state index contributed by atoms with van der Waals surface area (Å²) in [6, 6.07) is 7.54. The second-order valence-electron chi connectivity index (χ2n) is 6.85. The predicted molar refractivity (Wildman–Crippen MR) is 103 cm³/mol. The third-order valence-corrected chi connectivity index (χ3v) is 4.95. The van der Waals surface area contributed by atoms with E-state index in [4.69, 9.17) is 4.74 Å². The van der Waals surface area contributed by atoms with Crippen molar-refractivity contribution in [1.29, 1.82) is 0 Å². The maximum atomic E-state index is 12.8. The molecular weight excluding hydrogens is 342 g/mol. The molecule has 6 nitrogen and oxygen atoms in total. The largest absolute Gasteiger partial charge is 0.496 e. The highest BCUT2D eigenvalue weighted by atomic mass is 16.5. The Hall–Kier alpha value is -2.89. The number of carbonyl (C=O) groups is 2. The number of benzene rings is 1. The lowest BCUT2D eigenvalue weighted by atomic mass is 10.0. The highest BCUT2D eigenvalue weighted by Gasteiger charge is 2.25. The number of aromatic nitrogens is 1. The fourth-order valence-electron chi connectivity index (χ4n) is 3.46. The van der Waals surface area contributed by atoms with Crippen LogP contribution in [0.25, 0.3) is 0 Å². The maximum absolute atomic E-state index is 12.8. The van der Waals surface area contributed by atoms with E-state index in [9.17, 15) is 9.59 Å². The molecule has 0 unspecified atom stereocenters. The van der Waals surface area contributed by atoms with Gasteiger partial charge in [-0.05, 0) is 43.2 Å². The third kappa shape index (κ3) is 4.27. The lowest BCUT2D eigenvalue weighted by molar-refractivity contribution is -0.131. The molecule has 3 rings (SSSR count). The zero-order valence-corrected chi connectivity index (χ0v) is 16.1. The molecule has 0 radical (unpaired) electrons. The van der Waals surface area contributed by atoms with Crippen LogP contribution in [0.2, 0.25) is 0 Å². The highest BCUT2D eigenvalue weighted by molar-refractivity contribution is 5.94. The summed E-state index contributed by atoms with van der Waals surface area (Å²) in [6.07, 6.45) is 3.53. The summed E-state index contributed by atoms with van der Waals surface area (Å²) in [5, 5.41) is 0. The number of methoxy groups -OCH3 is 1. The molecule has 1 aliphatic rings. The SMILES string of the molecule is COc1cc(C)cc(C)c1CC(=O)N1CCN(C(=O)c2cccnc2)CC1. The van der Waals surface area contributed by atoms with Gasteiger partial charge < -0.3 is 14.5 Å². The van der Waals surface area contributed by atoms with Crippen LogP contribution in [0.15, 0.2) is 36.7 Å². The Morgan fingerprint density at radius 2 is 1.81 bits per heavy atom. The van der Waals surface area contributed by atoms with Crippen molar-refractivity contribution < 1.29 is 14.3 Å². The highest BCUT2D eigenvalue weighted by Crippen LogP contribution is 2.25. The lowest BCUT2D eigenvalue weighted by Gasteiger charge is -2.35. The van der Waals surface area contributed by atoms with Crippen LogP contribution in [0.4, 0.5) is 0 Å². The lowest BCUT2D eigenvalue weighted by Crippen LogP contribution is -2.51. The number of amides is 2. The van der Waals surface area contributed by atoms with E-state index in [1.807, 2.05) is 24.8 Å². The number of rotatable bonds is 4. The number of pyridine rings is 1. The Labute approximate surface area is 159 Å². The van der Waals surface area contributed by atoms with Crippen molar-refractivity contribution in [2.45, 2.75) is 20.3 Å². The Balaban J connectivity index is 1.62. The topological polar surface area (TPSA) is 62.7 Å². The molecule has 2 amide bonds. The van der Waals surface area contributed by atoms with Gasteiger partial charge in [0.2, 0.25) is 5.91 Å². The van der Waals surface area contributed by atoms with Gasteiger partial charge in [0.25, 0.3) is 5.91 Å². The van der Waals surface area contributed by atoms with E-state index >= 15 is 0 Å². The zero-order chi connectivity index (χ0) is 19.4. The van der Waals surface area contributed by atoms with Gasteiger partial charge >= 0.3 is 0 Å². The fourth-order valence-corrected chi connectivity index (χ4v) is 3.46. The van der Waals surface area contributed by atoms with E-state index in [2.05, 4.69) is 11.1 Å². The van der Waals surface area contributed by atoms with Crippen LogP contribution in [-0.4, -0.2) is 59.9 Å². The molecule has 1 saturated heterocycles. The summed E-state index contributed by atoms with van der Waals surface area (Å²) >= 11 is 0. The molecule has 0 bridgehead atoms. The van der Waals surface area contributed by atoms with Crippen molar-refractivity contribution in [3.63, 3.8) is 0 Å². The average molecular weight is 367 g/mol. The number of ether oxygens (including phenoxy) is 1. The van der Waals surface area contributed by atoms with Crippen molar-refractivity contribution in [3.8, 4) is 5.75 Å². The van der Waals surface area contributed by atoms with Crippen LogP contribution in [0.5, 0.6) is 5.75 Å². The van der Waals surface area contributed by atoms with Gasteiger partial charge in [-0.1, -0.05) is 6.07 Å². The minimum absolute atomic E-state index is 0.0359. The van der Waals surface area contributed by atoms with Gasteiger partial charge in [0.05, 0.1) is 19.1 Å². The van der Waals surface area contributed by atoms with Crippen molar-refractivity contribution in [3.05, 3.63) is 58.9 Å². The van der Waals surface area contributed by atoms with Gasteiger partial charge in [-0.15, -0.1) is 0 Å². The number of carbonyl (C=O) groups excluding carboxylic acids is 2. The summed E-state index contributed by atoms with van der Waals surface area (Å²) < 4.78 is 5.46. The smallest absolute Gasteiger partial charge is 0.255 e. The number of hydrogen-bond acceptors (Lipinski definition) is 4. The van der Waals surface area contributed by atoms with Crippen LogP contribution in [-0.2, 0) is 11.2 Å². The molecule has 1 aliphatic heterocycles. The van der Waals surface area contributed by atoms with E-state index in [0.29, 0.717) is 38.2 Å². The molecule has 2 heterocycles. The van der Waals surface area contributed by atoms with Crippen molar-refractivity contribution in [1.82, 2.24) is 14.8 Å². The molecule has 0 aliphatic carbocycles. The summed E-state index contributed by atoms with van der Waals surface area (Å²) in [6.45, 7) is 6.16. The summed E-state index contributed by atoms with van der Waals surface area (Å²) in [7, 11) is 1.63. The van der Waals surface area contributed by atoms with E-state index in [1.54, 1.807) is 36.5 Å². The predicted octanol–water partition coefficient (Wildman–Crippen LogP) is 2.23. The minimum atomic E-state index is -0.0359. The average Bonchev–Trinajstić information content (AvgIpc) is 2.69. The summed E-state index contributed by atoms with van der Waals surface area (Å²) in [5.74, 6) is 0.784. The monoisotopic (exact) mass is 367 g/mol. The van der Waals surface area contributed by atoms with Crippen molar-refractivity contribution in [2.75, 3.05) is 33.3 Å². The Morgan fingerprint density at radius 1 is 1.11 bits per heavy atom. The molecule has 0 saturated carbocycles. The third-order valence-electron chi connectivity index (χ3n) is 4.95. The van der Waals surface area contributed by atoms with Gasteiger partial charge in [-0.2, -0.15) is 0 Å². The van der Waals surface area contributed by atoms with Crippen LogP contribution in [0.3, 0.4) is 0 Å². The molecule has 27 heavy (non-hydrogen) atoms. The second-order valence-corrected chi connectivity index (χ2v) is 6.85. The van der Waals surface area contributed by atoms with Crippen LogP contribution in [0, 0.1) is 13.8 Å². The quantitative estimate of drug-likeness (QED) is 0.831. The normalized spacial score (nSPS) is 14.2. The zero-order valence-electron chi connectivity index (χ0n) is 16.1. The Kier molecular flexibility index (Phi) is 5.74. The van der Waals surface area contributed by atoms with Crippen LogP contribution in [0.1, 0.15) is 27.0 Å². The van der Waals surface area contributed by atoms with Crippen molar-refractivity contribution in [2.24, 2.45) is 0 Å². The standard InChI is InChI=1S/C21H25N3O3/c1-15-11-16(2)18(19(12-15)27-3)13-20(25)23-7-9-24(10-8-23)21(26)17-5-4-6-22-14-17/h4-6,11-12,14H,7-10,13H2,1-3H3. The Bertz CT molecular complexity index is 828. The van der Waals surface area contributed by atoms with Crippen molar-refractivity contribution >= 4 is 11.8 Å². The molecule has 142 valence electrons. The first kappa shape index (κ1) is 18.9. The molecule has 0 atom stereocenters. The molecular formula is C21H25N3O3. The number of aryl methyl sites for hydroxylation is 2. The molecule has 0 spiro atoms. The Morgan fingerprint density at radius 3 is 2.44 bits per heavy atom. The minimum Gasteiger partial charge on any atom is -0.496 e. The summed E-state index contributed by atoms with van der Waals surface area (Å²) in [4.78, 5) is 32.9. The molecule has 1 aromatic heterocycles. The van der Waals surface area contributed by atoms with Crippen LogP contribution >= 0.6 is 0 Å². The van der Waals surface area contributed by atoms with Gasteiger partial charge in [-0.25, -0.2) is 0 Å². The first-order valence-corrected chi connectivity index (χ1v) is 9.10. The van der Waals surface area contributed by atoms with Gasteiger partial charge in [-0.3, -0.25) is 14.6 Å². The van der Waals surface area contributed by atoms with E-state index in [-0.39, 0.29) is 11.8 Å². The van der Waals surface area contributed by atoms with E-state index in [1.165, 1.54) is 0 Å². The molecule has 2 aromatic rings. The molecule has 6 heteroatoms. The number of piperazine rings is 1. The first-order valence-electron chi connectivity index (χ1n) is 9.10. The van der Waals surface area contributed by atoms with Crippen LogP contribution < -0.4 is 4.74 Å². The molecule has 1 fully saturated rings. The number of nitrogens with zero attached hydrogens (tertiary/aromatic N) is 3. The fraction of sp³-hybridized carbons (Fsp3) is 0.381. The van der Waals surface area contributed by atoms with Gasteiger partial charge in [0, 0.05) is 44.1 Å². The second kappa shape index (κ2) is 8.20. The van der Waals surface area contributed by atoms with Gasteiger partial charge in [0.1, 0.15) is 5.75 Å². The van der Waals surface area contributed by atoms with E-state index in [0.717, 1.165) is 22.4 Å². The molecule has 1 aromatic carbocycles. The molecule has 0 N–H and O–H groups in total.